The number of thiophene rings is 1. The zero-order valence-electron chi connectivity index (χ0n) is 15.8. The van der Waals surface area contributed by atoms with Crippen LogP contribution < -0.4 is 5.32 Å². The average Bonchev–Trinajstić information content (AvgIpc) is 3.15. The molecule has 1 aliphatic rings. The predicted octanol–water partition coefficient (Wildman–Crippen LogP) is 4.96. The van der Waals surface area contributed by atoms with Crippen LogP contribution in [0.4, 0.5) is 18.2 Å². The third-order valence-electron chi connectivity index (χ3n) is 4.51. The number of ether oxygens (including phenoxy) is 1. The van der Waals surface area contributed by atoms with E-state index in [4.69, 9.17) is 4.74 Å². The second kappa shape index (κ2) is 8.47. The summed E-state index contributed by atoms with van der Waals surface area (Å²) >= 11 is 4.11. The second-order valence-corrected chi connectivity index (χ2v) is 8.54. The summed E-state index contributed by atoms with van der Waals surface area (Å²) in [5.41, 5.74) is -0.298. The Kier molecular flexibility index (Phi) is 6.37. The minimum absolute atomic E-state index is 0.249. The molecule has 0 unspecified atom stereocenters. The summed E-state index contributed by atoms with van der Waals surface area (Å²) in [6.07, 6.45) is -0.655. The van der Waals surface area contributed by atoms with Gasteiger partial charge in [-0.15, -0.1) is 11.3 Å². The van der Waals surface area contributed by atoms with Crippen LogP contribution >= 0.6 is 27.3 Å². The molecule has 0 saturated heterocycles. The van der Waals surface area contributed by atoms with Gasteiger partial charge in [0.1, 0.15) is 10.7 Å². The molecule has 29 heavy (non-hydrogen) atoms. The number of esters is 1. The number of aromatic nitrogens is 2. The molecule has 1 aliphatic carbocycles. The quantitative estimate of drug-likeness (QED) is 0.597. The third-order valence-corrected chi connectivity index (χ3v) is 6.47. The van der Waals surface area contributed by atoms with Crippen LogP contribution in [0.3, 0.4) is 0 Å². The Labute approximate surface area is 177 Å². The minimum Gasteiger partial charge on any atom is -0.462 e. The van der Waals surface area contributed by atoms with Crippen molar-refractivity contribution >= 4 is 44.1 Å². The number of carbonyl (C=O) groups is 2. The van der Waals surface area contributed by atoms with E-state index >= 15 is 0 Å². The van der Waals surface area contributed by atoms with Crippen molar-refractivity contribution < 1.29 is 27.5 Å². The number of carbonyl (C=O) groups excluding carboxylic acids is 2. The van der Waals surface area contributed by atoms with Gasteiger partial charge in [0.25, 0.3) is 5.91 Å². The molecule has 6 nitrogen and oxygen atoms in total. The molecule has 0 atom stereocenters. The number of fused-ring (bicyclic) bond motifs is 1. The molecule has 1 N–H and O–H groups in total. The summed E-state index contributed by atoms with van der Waals surface area (Å²) in [4.78, 5) is 26.4. The summed E-state index contributed by atoms with van der Waals surface area (Å²) < 4.78 is 44.9. The first kappa shape index (κ1) is 21.8. The van der Waals surface area contributed by atoms with Crippen LogP contribution in [0.2, 0.25) is 0 Å². The van der Waals surface area contributed by atoms with Crippen LogP contribution in [0.5, 0.6) is 0 Å². The van der Waals surface area contributed by atoms with E-state index in [1.165, 1.54) is 18.4 Å². The first-order valence-electron chi connectivity index (χ1n) is 9.07. The number of anilines is 1. The topological polar surface area (TPSA) is 73.2 Å². The molecule has 0 saturated carbocycles. The summed E-state index contributed by atoms with van der Waals surface area (Å²) in [6, 6.07) is 0. The number of hydrogen-bond acceptors (Lipinski definition) is 5. The van der Waals surface area contributed by atoms with E-state index < -0.39 is 28.2 Å². The average molecular weight is 494 g/mol. The summed E-state index contributed by atoms with van der Waals surface area (Å²) in [5.74, 6) is -1.31. The molecule has 0 bridgehead atoms. The highest BCUT2D eigenvalue weighted by molar-refractivity contribution is 9.10. The zero-order chi connectivity index (χ0) is 21.3. The molecule has 2 aromatic rings. The van der Waals surface area contributed by atoms with Crippen molar-refractivity contribution in [1.29, 1.82) is 0 Å². The predicted molar refractivity (Wildman–Crippen MR) is 105 cm³/mol. The van der Waals surface area contributed by atoms with E-state index in [1.54, 1.807) is 0 Å². The van der Waals surface area contributed by atoms with Gasteiger partial charge < -0.3 is 10.1 Å². The van der Waals surface area contributed by atoms with Gasteiger partial charge in [0.05, 0.1) is 16.6 Å². The fourth-order valence-electron chi connectivity index (χ4n) is 3.22. The molecule has 0 radical (unpaired) electrons. The molecule has 2 heterocycles. The second-order valence-electron chi connectivity index (χ2n) is 6.64. The molecule has 158 valence electrons. The number of rotatable bonds is 5. The van der Waals surface area contributed by atoms with Gasteiger partial charge in [0, 0.05) is 11.9 Å². The van der Waals surface area contributed by atoms with Gasteiger partial charge in [0.2, 0.25) is 0 Å². The number of hydrogen-bond donors (Lipinski definition) is 1. The third kappa shape index (κ3) is 4.35. The van der Waals surface area contributed by atoms with Crippen molar-refractivity contribution in [3.63, 3.8) is 0 Å². The Bertz CT molecular complexity index is 953. The molecule has 11 heteroatoms. The first-order chi connectivity index (χ1) is 13.6. The van der Waals surface area contributed by atoms with Crippen molar-refractivity contribution in [3.05, 3.63) is 31.9 Å². The standard InChI is InChI=1S/C18H19BrF3N3O3S/c1-3-8-28-17(27)11-9-6-4-5-7-10(9)29-16(11)23-15(26)13-12(19)14(18(20,21)22)24-25(13)2/h3-8H2,1-2H3,(H,23,26). The van der Waals surface area contributed by atoms with Gasteiger partial charge >= 0.3 is 12.1 Å². The normalized spacial score (nSPS) is 13.9. The molecular weight excluding hydrogens is 475 g/mol. The lowest BCUT2D eigenvalue weighted by Crippen LogP contribution is -2.18. The lowest BCUT2D eigenvalue weighted by atomic mass is 9.95. The van der Waals surface area contributed by atoms with E-state index in [0.717, 1.165) is 34.4 Å². The van der Waals surface area contributed by atoms with Crippen LogP contribution in [0.15, 0.2) is 4.47 Å². The fraction of sp³-hybridized carbons (Fsp3) is 0.500. The SMILES string of the molecule is CCCOC(=O)c1c(NC(=O)c2c(Br)c(C(F)(F)F)nn2C)sc2c1CCCC2. The van der Waals surface area contributed by atoms with Crippen molar-refractivity contribution in [2.24, 2.45) is 7.05 Å². The molecule has 2 aromatic heterocycles. The van der Waals surface area contributed by atoms with Crippen LogP contribution in [0.25, 0.3) is 0 Å². The lowest BCUT2D eigenvalue weighted by Gasteiger charge is -2.12. The maximum Gasteiger partial charge on any atom is 0.436 e. The number of halogens is 4. The van der Waals surface area contributed by atoms with E-state index in [-0.39, 0.29) is 12.3 Å². The van der Waals surface area contributed by atoms with E-state index in [0.29, 0.717) is 23.4 Å². The van der Waals surface area contributed by atoms with Crippen LogP contribution in [-0.4, -0.2) is 28.3 Å². The maximum atomic E-state index is 13.1. The van der Waals surface area contributed by atoms with Crippen molar-refractivity contribution in [2.75, 3.05) is 11.9 Å². The Morgan fingerprint density at radius 3 is 2.62 bits per heavy atom. The lowest BCUT2D eigenvalue weighted by molar-refractivity contribution is -0.142. The van der Waals surface area contributed by atoms with Crippen molar-refractivity contribution in [3.8, 4) is 0 Å². The number of nitrogens with one attached hydrogen (secondary N) is 1. The first-order valence-corrected chi connectivity index (χ1v) is 10.7. The molecule has 0 aliphatic heterocycles. The van der Waals surface area contributed by atoms with Crippen LogP contribution in [-0.2, 0) is 30.8 Å². The summed E-state index contributed by atoms with van der Waals surface area (Å²) in [5, 5.41) is 6.31. The molecule has 0 fully saturated rings. The number of aryl methyl sites for hydroxylation is 2. The highest BCUT2D eigenvalue weighted by Gasteiger charge is 2.39. The maximum absolute atomic E-state index is 13.1. The van der Waals surface area contributed by atoms with Gasteiger partial charge in [0.15, 0.2) is 5.69 Å². The molecular formula is C18H19BrF3N3O3S. The monoisotopic (exact) mass is 493 g/mol. The van der Waals surface area contributed by atoms with Gasteiger partial charge in [-0.3, -0.25) is 9.48 Å². The Balaban J connectivity index is 1.96. The zero-order valence-corrected chi connectivity index (χ0v) is 18.2. The largest absolute Gasteiger partial charge is 0.462 e. The number of amides is 1. The Hall–Kier alpha value is -1.88. The van der Waals surface area contributed by atoms with E-state index in [2.05, 4.69) is 26.3 Å². The smallest absolute Gasteiger partial charge is 0.436 e. The minimum atomic E-state index is -4.70. The van der Waals surface area contributed by atoms with Gasteiger partial charge in [-0.2, -0.15) is 18.3 Å². The molecule has 0 aromatic carbocycles. The number of alkyl halides is 3. The van der Waals surface area contributed by atoms with Gasteiger partial charge in [-0.1, -0.05) is 6.92 Å². The molecule has 0 spiro atoms. The summed E-state index contributed by atoms with van der Waals surface area (Å²) in [7, 11) is 1.25. The highest BCUT2D eigenvalue weighted by atomic mass is 79.9. The highest BCUT2D eigenvalue weighted by Crippen LogP contribution is 2.40. The van der Waals surface area contributed by atoms with Gasteiger partial charge in [-0.05, 0) is 53.6 Å². The Morgan fingerprint density at radius 2 is 2.00 bits per heavy atom. The van der Waals surface area contributed by atoms with Crippen LogP contribution in [0, 0.1) is 0 Å². The van der Waals surface area contributed by atoms with Crippen molar-refractivity contribution in [2.45, 2.75) is 45.2 Å². The van der Waals surface area contributed by atoms with Crippen LogP contribution in [0.1, 0.15) is 63.2 Å². The van der Waals surface area contributed by atoms with Gasteiger partial charge in [-0.25, -0.2) is 4.79 Å². The molecule has 3 rings (SSSR count). The van der Waals surface area contributed by atoms with E-state index in [9.17, 15) is 22.8 Å². The summed E-state index contributed by atoms with van der Waals surface area (Å²) in [6.45, 7) is 2.12. The Morgan fingerprint density at radius 1 is 1.31 bits per heavy atom. The van der Waals surface area contributed by atoms with Crippen molar-refractivity contribution in [1.82, 2.24) is 9.78 Å². The number of nitrogens with zero attached hydrogens (tertiary/aromatic N) is 2. The van der Waals surface area contributed by atoms with E-state index in [1.807, 2.05) is 6.92 Å². The molecule has 1 amide bonds. The fourth-order valence-corrected chi connectivity index (χ4v) is 5.24.